The Hall–Kier alpha value is -2.31. The average molecular weight is 367 g/mol. The summed E-state index contributed by atoms with van der Waals surface area (Å²) in [5, 5.41) is 0. The average Bonchev–Trinajstić information content (AvgIpc) is 3.04. The molecule has 0 saturated carbocycles. The van der Waals surface area contributed by atoms with E-state index < -0.39 is 5.97 Å². The molecule has 0 unspecified atom stereocenters. The molecule has 0 atom stereocenters. The van der Waals surface area contributed by atoms with Crippen LogP contribution in [0.1, 0.15) is 15.2 Å². The lowest BCUT2D eigenvalue weighted by Gasteiger charge is -2.07. The zero-order valence-corrected chi connectivity index (χ0v) is 14.6. The number of methoxy groups -OCH3 is 2. The summed E-state index contributed by atoms with van der Waals surface area (Å²) in [6.07, 6.45) is 2.81. The molecule has 0 radical (unpaired) electrons. The Kier molecular flexibility index (Phi) is 6.40. The van der Waals surface area contributed by atoms with Crippen LogP contribution in [0.25, 0.3) is 6.08 Å². The summed E-state index contributed by atoms with van der Waals surface area (Å²) >= 11 is 6.91. The summed E-state index contributed by atoms with van der Waals surface area (Å²) in [4.78, 5) is 24.0. The van der Waals surface area contributed by atoms with Crippen molar-refractivity contribution in [3.8, 4) is 11.5 Å². The number of halogens is 1. The molecule has 0 amide bonds. The fourth-order valence-corrected chi connectivity index (χ4v) is 2.81. The molecule has 0 fully saturated rings. The molecule has 1 aromatic carbocycles. The molecule has 24 heavy (non-hydrogen) atoms. The number of thiophene rings is 1. The number of rotatable bonds is 7. The predicted octanol–water partition coefficient (Wildman–Crippen LogP) is 3.86. The first-order chi connectivity index (χ1) is 11.5. The third-order valence-corrected chi connectivity index (χ3v) is 4.29. The smallest absolute Gasteiger partial charge is 0.331 e. The van der Waals surface area contributed by atoms with E-state index in [0.717, 1.165) is 16.9 Å². The number of carbonyl (C=O) groups is 2. The van der Waals surface area contributed by atoms with Gasteiger partial charge in [-0.3, -0.25) is 4.79 Å². The van der Waals surface area contributed by atoms with Crippen molar-refractivity contribution < 1.29 is 23.8 Å². The SMILES string of the molecule is COc1ccc(/C=C/C(=O)OCC(=O)c2ccc(Cl)s2)cc1OC. The van der Waals surface area contributed by atoms with Gasteiger partial charge >= 0.3 is 5.97 Å². The van der Waals surface area contributed by atoms with Crippen LogP contribution in [-0.4, -0.2) is 32.6 Å². The maximum atomic E-state index is 11.8. The molecule has 0 spiro atoms. The predicted molar refractivity (Wildman–Crippen MR) is 93.2 cm³/mol. The van der Waals surface area contributed by atoms with Gasteiger partial charge in [-0.2, -0.15) is 0 Å². The van der Waals surface area contributed by atoms with Crippen LogP contribution in [0.15, 0.2) is 36.4 Å². The highest BCUT2D eigenvalue weighted by atomic mass is 35.5. The number of benzene rings is 1. The van der Waals surface area contributed by atoms with Crippen LogP contribution in [0.3, 0.4) is 0 Å². The summed E-state index contributed by atoms with van der Waals surface area (Å²) in [7, 11) is 3.07. The van der Waals surface area contributed by atoms with Crippen molar-refractivity contribution in [2.45, 2.75) is 0 Å². The zero-order valence-electron chi connectivity index (χ0n) is 13.1. The van der Waals surface area contributed by atoms with Gasteiger partial charge in [-0.25, -0.2) is 4.79 Å². The van der Waals surface area contributed by atoms with E-state index in [9.17, 15) is 9.59 Å². The fraction of sp³-hybridized carbons (Fsp3) is 0.176. The zero-order chi connectivity index (χ0) is 17.5. The van der Waals surface area contributed by atoms with Gasteiger partial charge in [0.2, 0.25) is 5.78 Å². The highest BCUT2D eigenvalue weighted by Crippen LogP contribution is 2.28. The van der Waals surface area contributed by atoms with Gasteiger partial charge in [0, 0.05) is 6.08 Å². The summed E-state index contributed by atoms with van der Waals surface area (Å²) in [6.45, 7) is -0.327. The molecule has 7 heteroatoms. The minimum absolute atomic E-state index is 0.292. The van der Waals surface area contributed by atoms with Gasteiger partial charge in [0.1, 0.15) is 0 Å². The number of carbonyl (C=O) groups excluding carboxylic acids is 2. The maximum absolute atomic E-state index is 11.8. The highest BCUT2D eigenvalue weighted by molar-refractivity contribution is 7.18. The van der Waals surface area contributed by atoms with E-state index in [1.165, 1.54) is 13.2 Å². The van der Waals surface area contributed by atoms with Crippen molar-refractivity contribution in [1.29, 1.82) is 0 Å². The molecule has 0 aliphatic rings. The second-order valence-corrected chi connectivity index (χ2v) is 6.30. The Morgan fingerprint density at radius 1 is 1.12 bits per heavy atom. The lowest BCUT2D eigenvalue weighted by Crippen LogP contribution is -2.11. The first-order valence-corrected chi connectivity index (χ1v) is 8.08. The molecule has 5 nitrogen and oxygen atoms in total. The Labute approximate surface area is 148 Å². The van der Waals surface area contributed by atoms with Crippen LogP contribution in [0, 0.1) is 0 Å². The third kappa shape index (κ3) is 4.84. The number of ether oxygens (including phenoxy) is 3. The van der Waals surface area contributed by atoms with Crippen LogP contribution in [0.5, 0.6) is 11.5 Å². The monoisotopic (exact) mass is 366 g/mol. The molecule has 0 bridgehead atoms. The highest BCUT2D eigenvalue weighted by Gasteiger charge is 2.11. The van der Waals surface area contributed by atoms with E-state index in [1.54, 1.807) is 43.5 Å². The van der Waals surface area contributed by atoms with E-state index in [4.69, 9.17) is 25.8 Å². The van der Waals surface area contributed by atoms with Crippen molar-refractivity contribution in [3.05, 3.63) is 51.2 Å². The summed E-state index contributed by atoms with van der Waals surface area (Å²) in [5.41, 5.74) is 0.737. The minimum atomic E-state index is -0.610. The largest absolute Gasteiger partial charge is 0.493 e. The van der Waals surface area contributed by atoms with Crippen LogP contribution >= 0.6 is 22.9 Å². The van der Waals surface area contributed by atoms with E-state index in [2.05, 4.69) is 0 Å². The Morgan fingerprint density at radius 3 is 2.50 bits per heavy atom. The van der Waals surface area contributed by atoms with Crippen molar-refractivity contribution >= 4 is 40.8 Å². The van der Waals surface area contributed by atoms with Crippen molar-refractivity contribution in [3.63, 3.8) is 0 Å². The molecular weight excluding hydrogens is 352 g/mol. The molecule has 126 valence electrons. The Balaban J connectivity index is 1.92. The van der Waals surface area contributed by atoms with Crippen molar-refractivity contribution in [2.24, 2.45) is 0 Å². The normalized spacial score (nSPS) is 10.6. The van der Waals surface area contributed by atoms with Crippen LogP contribution < -0.4 is 9.47 Å². The Bertz CT molecular complexity index is 766. The number of hydrogen-bond donors (Lipinski definition) is 0. The van der Waals surface area contributed by atoms with Gasteiger partial charge in [0.25, 0.3) is 0 Å². The van der Waals surface area contributed by atoms with Crippen LogP contribution in [0.4, 0.5) is 0 Å². The summed E-state index contributed by atoms with van der Waals surface area (Å²) in [6, 6.07) is 8.44. The first kappa shape index (κ1) is 18.0. The second kappa shape index (κ2) is 8.52. The summed E-state index contributed by atoms with van der Waals surface area (Å²) in [5.74, 6) is 0.246. The molecule has 0 saturated heterocycles. The topological polar surface area (TPSA) is 61.8 Å². The van der Waals surface area contributed by atoms with Gasteiger partial charge in [0.15, 0.2) is 18.1 Å². The van der Waals surface area contributed by atoms with Gasteiger partial charge in [-0.1, -0.05) is 17.7 Å². The van der Waals surface area contributed by atoms with E-state index in [0.29, 0.717) is 20.7 Å². The standard InChI is InChI=1S/C17H15ClO5S/c1-21-13-5-3-11(9-14(13)22-2)4-8-17(20)23-10-12(19)15-6-7-16(18)24-15/h3-9H,10H2,1-2H3/b8-4+. The molecule has 1 aromatic heterocycles. The second-order valence-electron chi connectivity index (χ2n) is 4.58. The molecule has 2 aromatic rings. The number of hydrogen-bond acceptors (Lipinski definition) is 6. The number of ketones is 1. The quantitative estimate of drug-likeness (QED) is 0.423. The molecule has 0 aliphatic carbocycles. The van der Waals surface area contributed by atoms with Gasteiger partial charge in [-0.05, 0) is 35.9 Å². The Morgan fingerprint density at radius 2 is 1.88 bits per heavy atom. The van der Waals surface area contributed by atoms with Gasteiger partial charge < -0.3 is 14.2 Å². The molecule has 0 N–H and O–H groups in total. The number of Topliss-reactive ketones (excluding diaryl/α,β-unsaturated/α-hetero) is 1. The van der Waals surface area contributed by atoms with E-state index in [-0.39, 0.29) is 12.4 Å². The van der Waals surface area contributed by atoms with Crippen LogP contribution in [0.2, 0.25) is 4.34 Å². The summed E-state index contributed by atoms with van der Waals surface area (Å²) < 4.78 is 15.8. The van der Waals surface area contributed by atoms with Gasteiger partial charge in [0.05, 0.1) is 23.4 Å². The first-order valence-electron chi connectivity index (χ1n) is 6.89. The third-order valence-electron chi connectivity index (χ3n) is 3.01. The van der Waals surface area contributed by atoms with E-state index >= 15 is 0 Å². The molecular formula is C17H15ClO5S. The maximum Gasteiger partial charge on any atom is 0.331 e. The number of esters is 1. The van der Waals surface area contributed by atoms with Crippen LogP contribution in [-0.2, 0) is 9.53 Å². The lowest BCUT2D eigenvalue weighted by molar-refractivity contribution is -0.136. The fourth-order valence-electron chi connectivity index (χ4n) is 1.84. The van der Waals surface area contributed by atoms with Crippen molar-refractivity contribution in [1.82, 2.24) is 0 Å². The van der Waals surface area contributed by atoms with Gasteiger partial charge in [-0.15, -0.1) is 11.3 Å². The minimum Gasteiger partial charge on any atom is -0.493 e. The molecule has 2 rings (SSSR count). The lowest BCUT2D eigenvalue weighted by atomic mass is 10.2. The van der Waals surface area contributed by atoms with E-state index in [1.807, 2.05) is 0 Å². The molecule has 1 heterocycles. The van der Waals surface area contributed by atoms with Crippen molar-refractivity contribution in [2.75, 3.05) is 20.8 Å². The molecule has 0 aliphatic heterocycles.